The van der Waals surface area contributed by atoms with Gasteiger partial charge in [-0.3, -0.25) is 14.4 Å². The highest BCUT2D eigenvalue weighted by molar-refractivity contribution is 6.21. The predicted octanol–water partition coefficient (Wildman–Crippen LogP) is 6.68. The Bertz CT molecular complexity index is 1930. The van der Waals surface area contributed by atoms with Gasteiger partial charge >= 0.3 is 0 Å². The van der Waals surface area contributed by atoms with Crippen LogP contribution < -0.4 is 16.0 Å². The van der Waals surface area contributed by atoms with Gasteiger partial charge in [0.2, 0.25) is 5.91 Å². The van der Waals surface area contributed by atoms with Crippen LogP contribution in [-0.4, -0.2) is 22.7 Å². The second-order valence-corrected chi connectivity index (χ2v) is 11.5. The van der Waals surface area contributed by atoms with Crippen molar-refractivity contribution in [3.8, 4) is 11.1 Å². The number of nitrogens with two attached hydrogens (primary N) is 1. The number of hydrogen-bond acceptors (Lipinski definition) is 3. The van der Waals surface area contributed by atoms with Gasteiger partial charge in [0.05, 0.1) is 17.6 Å². The molecule has 7 nitrogen and oxygen atoms in total. The normalized spacial score (nSPS) is 13.2. The number of benzene rings is 4. The molecule has 0 unspecified atom stereocenters. The Kier molecular flexibility index (Phi) is 5.95. The minimum atomic E-state index is -0.563. The fraction of sp³-hybridized carbons (Fsp3) is 0.182. The molecule has 6 rings (SSSR count). The highest BCUT2D eigenvalue weighted by Gasteiger charge is 2.30. The van der Waals surface area contributed by atoms with E-state index in [1.165, 1.54) is 12.1 Å². The van der Waals surface area contributed by atoms with Gasteiger partial charge in [0.15, 0.2) is 0 Å². The monoisotopic (exact) mass is 548 g/mol. The third-order valence-electron chi connectivity index (χ3n) is 7.72. The smallest absolute Gasteiger partial charge is 0.259 e. The average molecular weight is 549 g/mol. The molecule has 5 aromatic rings. The first-order valence-corrected chi connectivity index (χ1v) is 13.3. The number of nitrogens with zero attached hydrogens (tertiary/aromatic N) is 1. The lowest BCUT2D eigenvalue weighted by molar-refractivity contribution is -0.123. The Balaban J connectivity index is 1.50. The maximum atomic E-state index is 13.9. The first kappa shape index (κ1) is 26.3. The summed E-state index contributed by atoms with van der Waals surface area (Å²) >= 11 is 0. The summed E-state index contributed by atoms with van der Waals surface area (Å²) in [5, 5.41) is 4.62. The van der Waals surface area contributed by atoms with Gasteiger partial charge in [-0.25, -0.2) is 4.39 Å². The van der Waals surface area contributed by atoms with Crippen molar-refractivity contribution in [2.24, 2.45) is 11.1 Å². The second-order valence-electron chi connectivity index (χ2n) is 11.5. The molecule has 2 heterocycles. The topological polar surface area (TPSA) is 108 Å². The number of aromatic amines is 1. The number of hydrogen-bond donors (Lipinski definition) is 3. The Morgan fingerprint density at radius 2 is 1.76 bits per heavy atom. The zero-order valence-electron chi connectivity index (χ0n) is 23.2. The predicted molar refractivity (Wildman–Crippen MR) is 159 cm³/mol. The number of amides is 3. The number of primary amides is 1. The standard InChI is InChI=1S/C33H29FN4O3/c1-17-21(6-5-7-27(17)38-16-18-8-9-19(34)14-25(18)31(38)40)22-12-13-24(30(35)39)29-28(22)23-11-10-20(15-26(23)37-29)36-32(41)33(2,3)4/h5-15,37H,16H2,1-4H3,(H2,35,39)(H,36,41). The minimum absolute atomic E-state index is 0.111. The molecule has 41 heavy (non-hydrogen) atoms. The molecule has 4 N–H and O–H groups in total. The van der Waals surface area contributed by atoms with E-state index < -0.39 is 17.1 Å². The molecule has 0 aliphatic carbocycles. The van der Waals surface area contributed by atoms with Crippen molar-refractivity contribution in [3.63, 3.8) is 0 Å². The van der Waals surface area contributed by atoms with E-state index in [-0.39, 0.29) is 11.8 Å². The van der Waals surface area contributed by atoms with Crippen molar-refractivity contribution in [3.05, 3.63) is 94.8 Å². The number of H-pyrrole nitrogens is 1. The fourth-order valence-electron chi connectivity index (χ4n) is 5.51. The summed E-state index contributed by atoms with van der Waals surface area (Å²) in [7, 11) is 0. The molecule has 1 aromatic heterocycles. The molecule has 0 saturated carbocycles. The van der Waals surface area contributed by atoms with Crippen LogP contribution in [0.15, 0.2) is 66.7 Å². The minimum Gasteiger partial charge on any atom is -0.366 e. The molecule has 1 aliphatic heterocycles. The number of fused-ring (bicyclic) bond motifs is 4. The number of rotatable bonds is 4. The van der Waals surface area contributed by atoms with E-state index in [9.17, 15) is 18.8 Å². The van der Waals surface area contributed by atoms with Gasteiger partial charge in [0.25, 0.3) is 11.8 Å². The zero-order valence-corrected chi connectivity index (χ0v) is 23.2. The van der Waals surface area contributed by atoms with Gasteiger partial charge in [-0.05, 0) is 65.6 Å². The van der Waals surface area contributed by atoms with Crippen LogP contribution in [0, 0.1) is 18.2 Å². The first-order chi connectivity index (χ1) is 19.4. The van der Waals surface area contributed by atoms with Crippen molar-refractivity contribution >= 4 is 50.9 Å². The van der Waals surface area contributed by atoms with E-state index in [4.69, 9.17) is 5.73 Å². The molecule has 0 spiro atoms. The van der Waals surface area contributed by atoms with Crippen molar-refractivity contribution in [2.45, 2.75) is 34.2 Å². The number of halogens is 1. The van der Waals surface area contributed by atoms with Gasteiger partial charge < -0.3 is 20.9 Å². The van der Waals surface area contributed by atoms with Crippen LogP contribution in [0.25, 0.3) is 32.9 Å². The lowest BCUT2D eigenvalue weighted by Gasteiger charge is -2.21. The quantitative estimate of drug-likeness (QED) is 0.233. The molecule has 8 heteroatoms. The lowest BCUT2D eigenvalue weighted by atomic mass is 9.93. The summed E-state index contributed by atoms with van der Waals surface area (Å²) in [4.78, 5) is 43.3. The molecule has 3 amide bonds. The van der Waals surface area contributed by atoms with E-state index in [0.717, 1.165) is 44.2 Å². The number of aromatic nitrogens is 1. The number of nitrogens with one attached hydrogen (secondary N) is 2. The lowest BCUT2D eigenvalue weighted by Crippen LogP contribution is -2.27. The molecular formula is C33H29FN4O3. The maximum Gasteiger partial charge on any atom is 0.259 e. The van der Waals surface area contributed by atoms with Crippen molar-refractivity contribution in [1.29, 1.82) is 0 Å². The first-order valence-electron chi connectivity index (χ1n) is 13.3. The van der Waals surface area contributed by atoms with Crippen molar-refractivity contribution in [1.82, 2.24) is 4.98 Å². The molecule has 0 saturated heterocycles. The Morgan fingerprint density at radius 1 is 0.976 bits per heavy atom. The molecule has 1 aliphatic rings. The summed E-state index contributed by atoms with van der Waals surface area (Å²) in [6.45, 7) is 7.84. The summed E-state index contributed by atoms with van der Waals surface area (Å²) in [5.74, 6) is -1.36. The average Bonchev–Trinajstić information content (AvgIpc) is 3.45. The third kappa shape index (κ3) is 4.32. The fourth-order valence-corrected chi connectivity index (χ4v) is 5.51. The molecular weight excluding hydrogens is 519 g/mol. The van der Waals surface area contributed by atoms with Gasteiger partial charge in [-0.1, -0.05) is 51.1 Å². The SMILES string of the molecule is Cc1c(-c2ccc(C(N)=O)c3[nH]c4cc(NC(=O)C(C)(C)C)ccc4c23)cccc1N1Cc2ccc(F)cc2C1=O. The summed E-state index contributed by atoms with van der Waals surface area (Å²) < 4.78 is 13.9. The number of carbonyl (C=O) groups is 3. The van der Waals surface area contributed by atoms with Gasteiger partial charge in [-0.2, -0.15) is 0 Å². The Hall–Kier alpha value is -4.98. The van der Waals surface area contributed by atoms with Crippen molar-refractivity contribution < 1.29 is 18.8 Å². The third-order valence-corrected chi connectivity index (χ3v) is 7.72. The van der Waals surface area contributed by atoms with Crippen LogP contribution in [0.1, 0.15) is 52.6 Å². The highest BCUT2D eigenvalue weighted by Crippen LogP contribution is 2.41. The van der Waals surface area contributed by atoms with Gasteiger partial charge in [-0.15, -0.1) is 0 Å². The van der Waals surface area contributed by atoms with Crippen LogP contribution >= 0.6 is 0 Å². The van der Waals surface area contributed by atoms with E-state index in [0.29, 0.717) is 28.9 Å². The highest BCUT2D eigenvalue weighted by atomic mass is 19.1. The molecule has 0 atom stereocenters. The van der Waals surface area contributed by atoms with Gasteiger partial charge in [0.1, 0.15) is 5.82 Å². The number of carbonyl (C=O) groups excluding carboxylic acids is 3. The maximum absolute atomic E-state index is 13.9. The van der Waals surface area contributed by atoms with Crippen LogP contribution in [0.2, 0.25) is 0 Å². The van der Waals surface area contributed by atoms with E-state index in [1.807, 2.05) is 70.2 Å². The van der Waals surface area contributed by atoms with Crippen LogP contribution in [0.3, 0.4) is 0 Å². The Labute approximate surface area is 236 Å². The molecule has 0 bridgehead atoms. The summed E-state index contributed by atoms with van der Waals surface area (Å²) in [6.07, 6.45) is 0. The Morgan fingerprint density at radius 3 is 2.49 bits per heavy atom. The van der Waals surface area contributed by atoms with Crippen LogP contribution in [0.4, 0.5) is 15.8 Å². The summed E-state index contributed by atoms with van der Waals surface area (Å²) in [5.41, 5.74) is 12.0. The van der Waals surface area contributed by atoms with Crippen molar-refractivity contribution in [2.75, 3.05) is 10.2 Å². The number of anilines is 2. The van der Waals surface area contributed by atoms with Gasteiger partial charge in [0, 0.05) is 38.6 Å². The summed E-state index contributed by atoms with van der Waals surface area (Å²) in [6, 6.07) is 19.2. The van der Waals surface area contributed by atoms with E-state index in [2.05, 4.69) is 10.3 Å². The molecule has 0 radical (unpaired) electrons. The molecule has 0 fully saturated rings. The molecule has 206 valence electrons. The zero-order chi connectivity index (χ0) is 29.2. The largest absolute Gasteiger partial charge is 0.366 e. The van der Waals surface area contributed by atoms with Crippen LogP contribution in [0.5, 0.6) is 0 Å². The van der Waals surface area contributed by atoms with E-state index in [1.54, 1.807) is 17.0 Å². The van der Waals surface area contributed by atoms with E-state index >= 15 is 0 Å². The molecule has 4 aromatic carbocycles. The second kappa shape index (κ2) is 9.30. The van der Waals surface area contributed by atoms with Crippen LogP contribution in [-0.2, 0) is 11.3 Å².